The minimum atomic E-state index is -0.252. The monoisotopic (exact) mass is 328 g/mol. The van der Waals surface area contributed by atoms with E-state index in [1.165, 1.54) is 4.90 Å². The molecule has 2 saturated heterocycles. The Balaban J connectivity index is 1.69. The highest BCUT2D eigenvalue weighted by atomic mass is 16.6. The van der Waals surface area contributed by atoms with Crippen molar-refractivity contribution in [3.8, 4) is 0 Å². The summed E-state index contributed by atoms with van der Waals surface area (Å²) in [6.07, 6.45) is 1.73. The van der Waals surface area contributed by atoms with Gasteiger partial charge in [0.1, 0.15) is 25.3 Å². The summed E-state index contributed by atoms with van der Waals surface area (Å²) in [5.41, 5.74) is 0. The van der Waals surface area contributed by atoms with E-state index in [0.717, 1.165) is 25.9 Å². The lowest BCUT2D eigenvalue weighted by Crippen LogP contribution is -3.16. The van der Waals surface area contributed by atoms with Crippen LogP contribution in [0.5, 0.6) is 0 Å². The standard InChI is InChI=1S/C16H29N3O4/c1-4-22-16(21)19-7-5-14(6-8-19)17-15(20)11-18-9-12(2)23-13(3)10-18/h12-14H,4-11H2,1-3H3,(H,17,20)/p+1/t12-,13-/m0/s1. The van der Waals surface area contributed by atoms with Crippen LogP contribution in [0.2, 0.25) is 0 Å². The van der Waals surface area contributed by atoms with Gasteiger partial charge in [-0.05, 0) is 33.6 Å². The Morgan fingerprint density at radius 1 is 1.22 bits per heavy atom. The van der Waals surface area contributed by atoms with Gasteiger partial charge in [-0.25, -0.2) is 4.79 Å². The van der Waals surface area contributed by atoms with E-state index in [1.807, 2.05) is 0 Å². The molecule has 0 aromatic heterocycles. The van der Waals surface area contributed by atoms with Crippen molar-refractivity contribution in [3.63, 3.8) is 0 Å². The molecule has 2 atom stereocenters. The fraction of sp³-hybridized carbons (Fsp3) is 0.875. The van der Waals surface area contributed by atoms with Crippen LogP contribution in [0, 0.1) is 0 Å². The smallest absolute Gasteiger partial charge is 0.409 e. The number of rotatable bonds is 4. The highest BCUT2D eigenvalue weighted by Gasteiger charge is 2.29. The molecule has 23 heavy (non-hydrogen) atoms. The van der Waals surface area contributed by atoms with Gasteiger partial charge < -0.3 is 24.6 Å². The van der Waals surface area contributed by atoms with Gasteiger partial charge in [-0.15, -0.1) is 0 Å². The number of hydrogen-bond donors (Lipinski definition) is 2. The summed E-state index contributed by atoms with van der Waals surface area (Å²) < 4.78 is 10.7. The molecule has 2 amide bonds. The molecule has 0 radical (unpaired) electrons. The van der Waals surface area contributed by atoms with Crippen molar-refractivity contribution in [2.75, 3.05) is 39.3 Å². The molecule has 2 rings (SSSR count). The van der Waals surface area contributed by atoms with Crippen LogP contribution in [0.25, 0.3) is 0 Å². The molecule has 0 spiro atoms. The van der Waals surface area contributed by atoms with Crippen molar-refractivity contribution < 1.29 is 24.0 Å². The third-order valence-corrected chi connectivity index (χ3v) is 4.41. The number of carbonyl (C=O) groups excluding carboxylic acids is 2. The number of piperidine rings is 1. The Morgan fingerprint density at radius 2 is 1.83 bits per heavy atom. The second-order valence-corrected chi connectivity index (χ2v) is 6.62. The molecule has 7 nitrogen and oxygen atoms in total. The van der Waals surface area contributed by atoms with Crippen LogP contribution in [0.1, 0.15) is 33.6 Å². The number of likely N-dealkylation sites (tertiary alicyclic amines) is 1. The molecule has 0 aromatic carbocycles. The Kier molecular flexibility index (Phi) is 6.65. The molecule has 0 aromatic rings. The number of nitrogens with one attached hydrogen (secondary N) is 2. The molecule has 132 valence electrons. The number of hydrogen-bond acceptors (Lipinski definition) is 4. The van der Waals surface area contributed by atoms with Crippen molar-refractivity contribution in [3.05, 3.63) is 0 Å². The SMILES string of the molecule is CCOC(=O)N1CCC(NC(=O)C[NH+]2C[C@H](C)O[C@@H](C)C2)CC1. The fourth-order valence-corrected chi connectivity index (χ4v) is 3.46. The average Bonchev–Trinajstić information content (AvgIpc) is 2.47. The van der Waals surface area contributed by atoms with Crippen LogP contribution >= 0.6 is 0 Å². The van der Waals surface area contributed by atoms with E-state index in [0.29, 0.717) is 26.2 Å². The number of nitrogens with zero attached hydrogens (tertiary/aromatic N) is 1. The maximum absolute atomic E-state index is 12.2. The first kappa shape index (κ1) is 18.0. The first-order valence-corrected chi connectivity index (χ1v) is 8.68. The third kappa shape index (κ3) is 5.66. The van der Waals surface area contributed by atoms with Crippen LogP contribution in [0.3, 0.4) is 0 Å². The molecule has 2 N–H and O–H groups in total. The molecule has 2 aliphatic heterocycles. The van der Waals surface area contributed by atoms with Gasteiger partial charge in [0, 0.05) is 19.1 Å². The van der Waals surface area contributed by atoms with Crippen molar-refractivity contribution in [1.29, 1.82) is 0 Å². The quantitative estimate of drug-likeness (QED) is 0.724. The molecule has 2 fully saturated rings. The Bertz CT molecular complexity index is 400. The molecule has 7 heteroatoms. The summed E-state index contributed by atoms with van der Waals surface area (Å²) in [6.45, 7) is 9.84. The molecule has 0 unspecified atom stereocenters. The number of amides is 2. The maximum atomic E-state index is 12.2. The zero-order valence-electron chi connectivity index (χ0n) is 14.5. The van der Waals surface area contributed by atoms with Crippen LogP contribution in [-0.2, 0) is 14.3 Å². The van der Waals surface area contributed by atoms with E-state index in [2.05, 4.69) is 19.2 Å². The minimum absolute atomic E-state index is 0.0934. The third-order valence-electron chi connectivity index (χ3n) is 4.41. The molecular formula is C16H30N3O4+. The second kappa shape index (κ2) is 8.49. The summed E-state index contributed by atoms with van der Waals surface area (Å²) in [6, 6.07) is 0.156. The predicted octanol–water partition coefficient (Wildman–Crippen LogP) is -0.584. The number of carbonyl (C=O) groups is 2. The van der Waals surface area contributed by atoms with Gasteiger partial charge in [-0.3, -0.25) is 4.79 Å². The summed E-state index contributed by atoms with van der Waals surface area (Å²) in [5.74, 6) is 0.0934. The van der Waals surface area contributed by atoms with Crippen molar-refractivity contribution in [2.45, 2.75) is 51.9 Å². The van der Waals surface area contributed by atoms with E-state index in [4.69, 9.17) is 9.47 Å². The molecule has 2 aliphatic rings. The number of quaternary nitrogens is 1. The Morgan fingerprint density at radius 3 is 2.39 bits per heavy atom. The summed E-state index contributed by atoms with van der Waals surface area (Å²) in [5, 5.41) is 3.11. The first-order valence-electron chi connectivity index (χ1n) is 8.68. The molecule has 0 aliphatic carbocycles. The highest BCUT2D eigenvalue weighted by Crippen LogP contribution is 2.11. The van der Waals surface area contributed by atoms with Crippen molar-refractivity contribution in [2.24, 2.45) is 0 Å². The lowest BCUT2D eigenvalue weighted by Gasteiger charge is -2.33. The maximum Gasteiger partial charge on any atom is 0.409 e. The topological polar surface area (TPSA) is 72.3 Å². The van der Waals surface area contributed by atoms with Gasteiger partial charge in [0.2, 0.25) is 0 Å². The van der Waals surface area contributed by atoms with Gasteiger partial charge in [0.15, 0.2) is 6.54 Å². The van der Waals surface area contributed by atoms with E-state index in [1.54, 1.807) is 11.8 Å². The number of ether oxygens (including phenoxy) is 2. The van der Waals surface area contributed by atoms with Crippen LogP contribution in [0.15, 0.2) is 0 Å². The predicted molar refractivity (Wildman–Crippen MR) is 85.3 cm³/mol. The van der Waals surface area contributed by atoms with Gasteiger partial charge in [0.25, 0.3) is 5.91 Å². The van der Waals surface area contributed by atoms with E-state index < -0.39 is 0 Å². The van der Waals surface area contributed by atoms with Gasteiger partial charge in [0.05, 0.1) is 6.61 Å². The van der Waals surface area contributed by atoms with Crippen molar-refractivity contribution >= 4 is 12.0 Å². The lowest BCUT2D eigenvalue weighted by molar-refractivity contribution is -0.907. The van der Waals surface area contributed by atoms with E-state index >= 15 is 0 Å². The zero-order chi connectivity index (χ0) is 16.8. The molecule has 0 saturated carbocycles. The minimum Gasteiger partial charge on any atom is -0.450 e. The Labute approximate surface area is 138 Å². The van der Waals surface area contributed by atoms with Crippen molar-refractivity contribution in [1.82, 2.24) is 10.2 Å². The zero-order valence-corrected chi connectivity index (χ0v) is 14.5. The van der Waals surface area contributed by atoms with E-state index in [9.17, 15) is 9.59 Å². The summed E-state index contributed by atoms with van der Waals surface area (Å²) >= 11 is 0. The first-order chi connectivity index (χ1) is 11.0. The molecule has 0 bridgehead atoms. The fourth-order valence-electron chi connectivity index (χ4n) is 3.46. The summed E-state index contributed by atoms with van der Waals surface area (Å²) in [7, 11) is 0. The second-order valence-electron chi connectivity index (χ2n) is 6.62. The van der Waals surface area contributed by atoms with E-state index in [-0.39, 0.29) is 30.3 Å². The van der Waals surface area contributed by atoms with Crippen LogP contribution < -0.4 is 10.2 Å². The molecular weight excluding hydrogens is 298 g/mol. The number of morpholine rings is 1. The van der Waals surface area contributed by atoms with Gasteiger partial charge >= 0.3 is 6.09 Å². The summed E-state index contributed by atoms with van der Waals surface area (Å²) in [4.78, 5) is 26.9. The largest absolute Gasteiger partial charge is 0.450 e. The van der Waals surface area contributed by atoms with Crippen LogP contribution in [-0.4, -0.2) is 74.5 Å². The van der Waals surface area contributed by atoms with Crippen LogP contribution in [0.4, 0.5) is 4.79 Å². The van der Waals surface area contributed by atoms with Gasteiger partial charge in [-0.1, -0.05) is 0 Å². The average molecular weight is 328 g/mol. The molecule has 2 heterocycles. The lowest BCUT2D eigenvalue weighted by atomic mass is 10.1. The highest BCUT2D eigenvalue weighted by molar-refractivity contribution is 5.77. The Hall–Kier alpha value is -1.34. The normalized spacial score (nSPS) is 29.2. The van der Waals surface area contributed by atoms with Gasteiger partial charge in [-0.2, -0.15) is 0 Å².